The van der Waals surface area contributed by atoms with Crippen LogP contribution >= 0.6 is 0 Å². The first-order chi connectivity index (χ1) is 7.83. The van der Waals surface area contributed by atoms with Crippen molar-refractivity contribution < 1.29 is 5.11 Å². The summed E-state index contributed by atoms with van der Waals surface area (Å²) in [6, 6.07) is 8.76. The van der Waals surface area contributed by atoms with Gasteiger partial charge in [-0.25, -0.2) is 0 Å². The summed E-state index contributed by atoms with van der Waals surface area (Å²) >= 11 is 0. The minimum absolute atomic E-state index is 0.0112. The van der Waals surface area contributed by atoms with E-state index in [4.69, 9.17) is 0 Å². The van der Waals surface area contributed by atoms with Crippen LogP contribution in [0, 0.1) is 5.92 Å². The van der Waals surface area contributed by atoms with Gasteiger partial charge in [0.15, 0.2) is 0 Å². The highest BCUT2D eigenvalue weighted by atomic mass is 16.3. The normalized spacial score (nSPS) is 28.8. The van der Waals surface area contributed by atoms with Gasteiger partial charge in [0, 0.05) is 13.1 Å². The van der Waals surface area contributed by atoms with Crippen LogP contribution in [0.5, 0.6) is 0 Å². The molecule has 1 fully saturated rings. The molecule has 2 nitrogen and oxygen atoms in total. The summed E-state index contributed by atoms with van der Waals surface area (Å²) in [4.78, 5) is 2.52. The zero-order chi connectivity index (χ0) is 11.0. The molecule has 1 aromatic carbocycles. The molecule has 2 aliphatic rings. The quantitative estimate of drug-likeness (QED) is 0.834. The Morgan fingerprint density at radius 3 is 2.75 bits per heavy atom. The molecule has 2 heteroatoms. The maximum atomic E-state index is 9.30. The zero-order valence-electron chi connectivity index (χ0n) is 9.60. The smallest absolute Gasteiger partial charge is 0.0573 e. The van der Waals surface area contributed by atoms with E-state index in [1.165, 1.54) is 30.5 Å². The van der Waals surface area contributed by atoms with Crippen LogP contribution in [-0.4, -0.2) is 29.2 Å². The summed E-state index contributed by atoms with van der Waals surface area (Å²) in [5, 5.41) is 9.30. The largest absolute Gasteiger partial charge is 0.393 e. The molecule has 86 valence electrons. The van der Waals surface area contributed by atoms with Gasteiger partial charge < -0.3 is 5.11 Å². The zero-order valence-corrected chi connectivity index (χ0v) is 9.60. The molecule has 2 atom stereocenters. The molecular weight excluding hydrogens is 198 g/mol. The van der Waals surface area contributed by atoms with Gasteiger partial charge in [-0.3, -0.25) is 4.90 Å². The molecule has 0 radical (unpaired) electrons. The number of rotatable bonds is 3. The fraction of sp³-hybridized carbons (Fsp3) is 0.571. The van der Waals surface area contributed by atoms with Crippen molar-refractivity contribution >= 4 is 0 Å². The van der Waals surface area contributed by atoms with E-state index in [1.807, 2.05) is 0 Å². The van der Waals surface area contributed by atoms with Gasteiger partial charge in [0.2, 0.25) is 0 Å². The Balaban J connectivity index is 1.56. The van der Waals surface area contributed by atoms with Gasteiger partial charge in [0.1, 0.15) is 0 Å². The Morgan fingerprint density at radius 2 is 2.00 bits per heavy atom. The Bertz CT molecular complexity index is 377. The summed E-state index contributed by atoms with van der Waals surface area (Å²) in [6.45, 7) is 3.43. The molecule has 0 saturated heterocycles. The molecule has 1 aliphatic heterocycles. The lowest BCUT2D eigenvalue weighted by Crippen LogP contribution is -2.31. The van der Waals surface area contributed by atoms with Crippen LogP contribution in [-0.2, 0) is 13.0 Å². The fourth-order valence-electron chi connectivity index (χ4n) is 2.64. The molecule has 0 bridgehead atoms. The topological polar surface area (TPSA) is 23.5 Å². The third-order valence-corrected chi connectivity index (χ3v) is 3.91. The molecule has 1 N–H and O–H groups in total. The third-order valence-electron chi connectivity index (χ3n) is 3.91. The second-order valence-electron chi connectivity index (χ2n) is 5.15. The van der Waals surface area contributed by atoms with Gasteiger partial charge in [-0.2, -0.15) is 0 Å². The third kappa shape index (κ3) is 2.13. The van der Waals surface area contributed by atoms with E-state index in [-0.39, 0.29) is 6.10 Å². The van der Waals surface area contributed by atoms with E-state index in [1.54, 1.807) is 0 Å². The number of benzene rings is 1. The summed E-state index contributed by atoms with van der Waals surface area (Å²) in [7, 11) is 0. The van der Waals surface area contributed by atoms with Gasteiger partial charge in [0.25, 0.3) is 0 Å². The number of nitrogens with zero attached hydrogens (tertiary/aromatic N) is 1. The Morgan fingerprint density at radius 1 is 1.25 bits per heavy atom. The molecule has 2 unspecified atom stereocenters. The van der Waals surface area contributed by atoms with E-state index in [2.05, 4.69) is 29.2 Å². The average Bonchev–Trinajstić information content (AvgIpc) is 3.03. The summed E-state index contributed by atoms with van der Waals surface area (Å²) in [5.74, 6) is 0.595. The minimum Gasteiger partial charge on any atom is -0.393 e. The molecule has 1 aromatic rings. The van der Waals surface area contributed by atoms with Crippen LogP contribution in [0.15, 0.2) is 24.3 Å². The van der Waals surface area contributed by atoms with Crippen molar-refractivity contribution in [1.29, 1.82) is 0 Å². The van der Waals surface area contributed by atoms with E-state index in [0.29, 0.717) is 5.92 Å². The average molecular weight is 217 g/mol. The van der Waals surface area contributed by atoms with E-state index in [9.17, 15) is 5.11 Å². The van der Waals surface area contributed by atoms with E-state index >= 15 is 0 Å². The molecule has 1 aliphatic carbocycles. The van der Waals surface area contributed by atoms with Crippen molar-refractivity contribution in [2.45, 2.75) is 31.9 Å². The van der Waals surface area contributed by atoms with Crippen LogP contribution in [0.1, 0.15) is 24.0 Å². The Hall–Kier alpha value is -0.860. The molecule has 1 saturated carbocycles. The summed E-state index contributed by atoms with van der Waals surface area (Å²) < 4.78 is 0. The second kappa shape index (κ2) is 4.19. The molecular formula is C14H19NO. The molecule has 0 spiro atoms. The van der Waals surface area contributed by atoms with Crippen molar-refractivity contribution in [3.05, 3.63) is 35.4 Å². The van der Waals surface area contributed by atoms with Crippen LogP contribution < -0.4 is 0 Å². The standard InChI is InChI=1S/C14H19NO/c16-14-9-12(14)6-8-15-7-5-11-3-1-2-4-13(11)10-15/h1-4,12,14,16H,5-10H2. The monoisotopic (exact) mass is 217 g/mol. The summed E-state index contributed by atoms with van der Waals surface area (Å²) in [6.07, 6.45) is 3.40. The van der Waals surface area contributed by atoms with Crippen LogP contribution in [0.2, 0.25) is 0 Å². The molecule has 3 rings (SSSR count). The second-order valence-corrected chi connectivity index (χ2v) is 5.15. The Labute approximate surface area is 96.9 Å². The highest BCUT2D eigenvalue weighted by molar-refractivity contribution is 5.28. The highest BCUT2D eigenvalue weighted by Crippen LogP contribution is 2.33. The Kier molecular flexibility index (Phi) is 2.70. The van der Waals surface area contributed by atoms with Crippen LogP contribution in [0.3, 0.4) is 0 Å². The fourth-order valence-corrected chi connectivity index (χ4v) is 2.64. The van der Waals surface area contributed by atoms with Crippen LogP contribution in [0.25, 0.3) is 0 Å². The molecule has 1 heterocycles. The van der Waals surface area contributed by atoms with Gasteiger partial charge in [-0.15, -0.1) is 0 Å². The number of aliphatic hydroxyl groups is 1. The van der Waals surface area contributed by atoms with Gasteiger partial charge in [-0.05, 0) is 42.9 Å². The lowest BCUT2D eigenvalue weighted by Gasteiger charge is -2.28. The van der Waals surface area contributed by atoms with Gasteiger partial charge >= 0.3 is 0 Å². The summed E-state index contributed by atoms with van der Waals surface area (Å²) in [5.41, 5.74) is 3.01. The van der Waals surface area contributed by atoms with Crippen molar-refractivity contribution in [3.63, 3.8) is 0 Å². The van der Waals surface area contributed by atoms with Gasteiger partial charge in [0.05, 0.1) is 6.10 Å². The van der Waals surface area contributed by atoms with Crippen molar-refractivity contribution in [3.8, 4) is 0 Å². The number of hydrogen-bond donors (Lipinski definition) is 1. The predicted molar refractivity (Wildman–Crippen MR) is 64.2 cm³/mol. The van der Waals surface area contributed by atoms with Crippen molar-refractivity contribution in [2.75, 3.05) is 13.1 Å². The molecule has 0 amide bonds. The lowest BCUT2D eigenvalue weighted by molar-refractivity contribution is 0.222. The van der Waals surface area contributed by atoms with Crippen LogP contribution in [0.4, 0.5) is 0 Å². The first-order valence-electron chi connectivity index (χ1n) is 6.30. The lowest BCUT2D eigenvalue weighted by atomic mass is 10.00. The van der Waals surface area contributed by atoms with Crippen molar-refractivity contribution in [1.82, 2.24) is 4.90 Å². The van der Waals surface area contributed by atoms with E-state index in [0.717, 1.165) is 19.5 Å². The molecule has 0 aromatic heterocycles. The first kappa shape index (κ1) is 10.3. The maximum absolute atomic E-state index is 9.30. The SMILES string of the molecule is OC1CC1CCN1CCc2ccccc2C1. The number of aliphatic hydroxyl groups excluding tert-OH is 1. The van der Waals surface area contributed by atoms with E-state index < -0.39 is 0 Å². The maximum Gasteiger partial charge on any atom is 0.0573 e. The first-order valence-corrected chi connectivity index (χ1v) is 6.30. The predicted octanol–water partition coefficient (Wildman–Crippen LogP) is 1.82. The highest BCUT2D eigenvalue weighted by Gasteiger charge is 2.34. The number of hydrogen-bond acceptors (Lipinski definition) is 2. The van der Waals surface area contributed by atoms with Crippen molar-refractivity contribution in [2.24, 2.45) is 5.92 Å². The number of fused-ring (bicyclic) bond motifs is 1. The minimum atomic E-state index is 0.0112. The van der Waals surface area contributed by atoms with Gasteiger partial charge in [-0.1, -0.05) is 24.3 Å². The molecule has 16 heavy (non-hydrogen) atoms.